The Balaban J connectivity index is 1.55. The van der Waals surface area contributed by atoms with E-state index in [-0.39, 0.29) is 11.8 Å². The Bertz CT molecular complexity index is 940. The average molecular weight is 487 g/mol. The largest absolute Gasteiger partial charge is 0.368 e. The van der Waals surface area contributed by atoms with Gasteiger partial charge >= 0.3 is 0 Å². The van der Waals surface area contributed by atoms with E-state index in [1.54, 1.807) is 0 Å². The van der Waals surface area contributed by atoms with Crippen molar-refractivity contribution in [2.75, 3.05) is 0 Å². The van der Waals surface area contributed by atoms with Crippen molar-refractivity contribution in [2.45, 2.75) is 89.4 Å². The van der Waals surface area contributed by atoms with Crippen LogP contribution in [0.2, 0.25) is 0 Å². The minimum Gasteiger partial charge on any atom is -0.368 e. The van der Waals surface area contributed by atoms with Gasteiger partial charge in [-0.25, -0.2) is 0 Å². The molecule has 0 radical (unpaired) electrons. The first-order valence-electron chi connectivity index (χ1n) is 13.6. The Labute approximate surface area is 216 Å². The van der Waals surface area contributed by atoms with Gasteiger partial charge in [0, 0.05) is 13.1 Å². The lowest BCUT2D eigenvalue weighted by molar-refractivity contribution is 0.321. The Morgan fingerprint density at radius 3 is 1.33 bits per heavy atom. The molecule has 4 N–H and O–H groups in total. The fourth-order valence-corrected chi connectivity index (χ4v) is 5.79. The molecule has 2 aliphatic carbocycles. The van der Waals surface area contributed by atoms with Crippen LogP contribution >= 0.6 is 0 Å². The Morgan fingerprint density at radius 2 is 1.00 bits per heavy atom. The zero-order chi connectivity index (χ0) is 25.4. The molecule has 0 spiro atoms. The molecule has 2 saturated carbocycles. The summed E-state index contributed by atoms with van der Waals surface area (Å²) in [6.07, 6.45) is 8.96. The molecule has 0 aliphatic heterocycles. The Kier molecular flexibility index (Phi) is 8.55. The van der Waals surface area contributed by atoms with Crippen LogP contribution in [0.15, 0.2) is 70.9 Å². The fourth-order valence-electron chi connectivity index (χ4n) is 5.79. The monoisotopic (exact) mass is 486 g/mol. The number of nitrogens with one attached hydrogen (secondary N) is 4. The lowest BCUT2D eigenvalue weighted by atomic mass is 9.82. The molecule has 0 saturated heterocycles. The van der Waals surface area contributed by atoms with Crippen LogP contribution in [0.3, 0.4) is 0 Å². The van der Waals surface area contributed by atoms with Crippen LogP contribution in [0.5, 0.6) is 0 Å². The molecule has 0 heterocycles. The van der Waals surface area contributed by atoms with E-state index in [4.69, 9.17) is 21.0 Å². The highest BCUT2D eigenvalue weighted by Crippen LogP contribution is 2.41. The lowest BCUT2D eigenvalue weighted by Crippen LogP contribution is -2.50. The number of hydrogen-bond acceptors (Lipinski definition) is 4. The van der Waals surface area contributed by atoms with Crippen LogP contribution in [0.4, 0.5) is 0 Å². The Hall–Kier alpha value is -3.02. The van der Waals surface area contributed by atoms with Crippen molar-refractivity contribution in [1.82, 2.24) is 10.6 Å². The fraction of sp³-hybridized carbons (Fsp3) is 0.533. The minimum absolute atomic E-state index is 0.288. The molecule has 4 rings (SSSR count). The first-order valence-corrected chi connectivity index (χ1v) is 13.6. The van der Waals surface area contributed by atoms with E-state index in [1.807, 2.05) is 36.4 Å². The van der Waals surface area contributed by atoms with Crippen LogP contribution in [0, 0.1) is 22.7 Å². The van der Waals surface area contributed by atoms with Gasteiger partial charge in [0.05, 0.1) is 0 Å². The third kappa shape index (κ3) is 6.03. The van der Waals surface area contributed by atoms with Crippen molar-refractivity contribution >= 4 is 11.7 Å². The predicted molar refractivity (Wildman–Crippen MR) is 148 cm³/mol. The van der Waals surface area contributed by atoms with E-state index in [0.717, 1.165) is 36.8 Å². The SMILES string of the molecule is CC(N=NC(C)(C(=N)NCc1ccccc1)C1CCCC1)(C(=N)NCc1ccccc1)C1CCCC1. The van der Waals surface area contributed by atoms with Crippen molar-refractivity contribution in [2.24, 2.45) is 22.1 Å². The van der Waals surface area contributed by atoms with E-state index in [9.17, 15) is 0 Å². The molecule has 6 nitrogen and oxygen atoms in total. The van der Waals surface area contributed by atoms with Gasteiger partial charge in [-0.15, -0.1) is 0 Å². The number of benzene rings is 2. The summed E-state index contributed by atoms with van der Waals surface area (Å²) in [6, 6.07) is 20.4. The molecular weight excluding hydrogens is 444 g/mol. The predicted octanol–water partition coefficient (Wildman–Crippen LogP) is 6.87. The first kappa shape index (κ1) is 26.1. The summed E-state index contributed by atoms with van der Waals surface area (Å²) in [5, 5.41) is 34.8. The van der Waals surface area contributed by atoms with E-state index in [2.05, 4.69) is 48.7 Å². The van der Waals surface area contributed by atoms with Crippen molar-refractivity contribution in [3.63, 3.8) is 0 Å². The third-order valence-electron chi connectivity index (χ3n) is 8.40. The van der Waals surface area contributed by atoms with Crippen LogP contribution in [0.1, 0.15) is 76.3 Å². The van der Waals surface area contributed by atoms with Gasteiger partial charge in [-0.05, 0) is 62.5 Å². The molecule has 2 aromatic rings. The average Bonchev–Trinajstić information content (AvgIpc) is 3.65. The molecule has 192 valence electrons. The van der Waals surface area contributed by atoms with E-state index in [0.29, 0.717) is 24.8 Å². The molecule has 2 fully saturated rings. The molecule has 36 heavy (non-hydrogen) atoms. The highest BCUT2D eigenvalue weighted by atomic mass is 15.2. The van der Waals surface area contributed by atoms with Crippen molar-refractivity contribution in [1.29, 1.82) is 10.8 Å². The second kappa shape index (κ2) is 11.8. The van der Waals surface area contributed by atoms with Crippen LogP contribution in [-0.2, 0) is 13.1 Å². The van der Waals surface area contributed by atoms with Gasteiger partial charge in [0.1, 0.15) is 22.7 Å². The van der Waals surface area contributed by atoms with Crippen molar-refractivity contribution < 1.29 is 0 Å². The lowest BCUT2D eigenvalue weighted by Gasteiger charge is -2.36. The molecule has 6 heteroatoms. The van der Waals surface area contributed by atoms with Crippen molar-refractivity contribution in [3.8, 4) is 0 Å². The summed E-state index contributed by atoms with van der Waals surface area (Å²) < 4.78 is 0. The smallest absolute Gasteiger partial charge is 0.138 e. The molecule has 0 bridgehead atoms. The van der Waals surface area contributed by atoms with E-state index in [1.165, 1.54) is 25.7 Å². The quantitative estimate of drug-likeness (QED) is 0.167. The highest BCUT2D eigenvalue weighted by molar-refractivity contribution is 5.90. The maximum absolute atomic E-state index is 9.04. The van der Waals surface area contributed by atoms with E-state index < -0.39 is 11.1 Å². The zero-order valence-corrected chi connectivity index (χ0v) is 21.9. The van der Waals surface area contributed by atoms with Crippen molar-refractivity contribution in [3.05, 3.63) is 71.8 Å². The third-order valence-corrected chi connectivity index (χ3v) is 8.40. The van der Waals surface area contributed by atoms with Gasteiger partial charge in [-0.1, -0.05) is 86.3 Å². The van der Waals surface area contributed by atoms with Gasteiger partial charge in [0.25, 0.3) is 0 Å². The van der Waals surface area contributed by atoms with Gasteiger partial charge in [-0.3, -0.25) is 10.8 Å². The molecule has 2 aromatic carbocycles. The molecular formula is C30H42N6. The summed E-state index contributed by atoms with van der Waals surface area (Å²) in [5.74, 6) is 1.44. The molecule has 0 aromatic heterocycles. The second-order valence-electron chi connectivity index (χ2n) is 10.9. The second-order valence-corrected chi connectivity index (χ2v) is 10.9. The maximum atomic E-state index is 9.04. The molecule has 2 aliphatic rings. The van der Waals surface area contributed by atoms with Gasteiger partial charge < -0.3 is 10.6 Å². The number of azo groups is 1. The summed E-state index contributed by atoms with van der Waals surface area (Å²) in [7, 11) is 0. The maximum Gasteiger partial charge on any atom is 0.138 e. The number of nitrogens with zero attached hydrogens (tertiary/aromatic N) is 2. The normalized spacial score (nSPS) is 20.2. The summed E-state index contributed by atoms with van der Waals surface area (Å²) in [5.41, 5.74) is 0.863. The van der Waals surface area contributed by atoms with Crippen LogP contribution in [-0.4, -0.2) is 22.7 Å². The number of amidine groups is 2. The Morgan fingerprint density at radius 1 is 0.667 bits per heavy atom. The summed E-state index contributed by atoms with van der Waals surface area (Å²) in [6.45, 7) is 5.35. The zero-order valence-electron chi connectivity index (χ0n) is 21.9. The molecule has 0 amide bonds. The van der Waals surface area contributed by atoms with E-state index >= 15 is 0 Å². The van der Waals surface area contributed by atoms with Gasteiger partial charge in [-0.2, -0.15) is 10.2 Å². The number of rotatable bonds is 10. The van der Waals surface area contributed by atoms with Gasteiger partial charge in [0.15, 0.2) is 0 Å². The van der Waals surface area contributed by atoms with Crippen LogP contribution in [0.25, 0.3) is 0 Å². The number of hydrogen-bond donors (Lipinski definition) is 4. The summed E-state index contributed by atoms with van der Waals surface area (Å²) >= 11 is 0. The van der Waals surface area contributed by atoms with Crippen LogP contribution < -0.4 is 10.6 Å². The van der Waals surface area contributed by atoms with Gasteiger partial charge in [0.2, 0.25) is 0 Å². The summed E-state index contributed by atoms with van der Waals surface area (Å²) in [4.78, 5) is 0. The highest BCUT2D eigenvalue weighted by Gasteiger charge is 2.44. The topological polar surface area (TPSA) is 96.5 Å². The minimum atomic E-state index is -0.717. The first-order chi connectivity index (χ1) is 17.4. The standard InChI is InChI=1S/C30H42N6/c1-29(25-17-9-10-18-25,27(31)33-21-23-13-5-3-6-14-23)35-36-30(2,26-19-11-12-20-26)28(32)34-22-24-15-7-4-8-16-24/h3-8,13-16,25-26H,9-12,17-22H2,1-2H3,(H2,31,33)(H2,32,34). The molecule has 2 unspecified atom stereocenters. The molecule has 2 atom stereocenters.